The predicted molar refractivity (Wildman–Crippen MR) is 130 cm³/mol. The van der Waals surface area contributed by atoms with E-state index in [1.165, 1.54) is 12.0 Å². The quantitative estimate of drug-likeness (QED) is 0.402. The van der Waals surface area contributed by atoms with Gasteiger partial charge in [0.1, 0.15) is 24.2 Å². The van der Waals surface area contributed by atoms with Gasteiger partial charge < -0.3 is 30.1 Å². The van der Waals surface area contributed by atoms with E-state index >= 15 is 0 Å². The first-order valence-electron chi connectivity index (χ1n) is 11.7. The molecule has 0 radical (unpaired) electrons. The van der Waals surface area contributed by atoms with Gasteiger partial charge in [-0.25, -0.2) is 4.79 Å². The number of aryl methyl sites for hydroxylation is 1. The number of alkyl carbamates (subject to hydrolysis) is 1. The van der Waals surface area contributed by atoms with E-state index in [1.54, 1.807) is 45.9 Å². The van der Waals surface area contributed by atoms with E-state index in [0.717, 1.165) is 5.56 Å². The summed E-state index contributed by atoms with van der Waals surface area (Å²) in [4.78, 5) is 52.4. The molecule has 196 valence electrons. The smallest absolute Gasteiger partial charge is 0.408 e. The molecule has 0 spiro atoms. The van der Waals surface area contributed by atoms with Gasteiger partial charge in [0.25, 0.3) is 0 Å². The zero-order valence-electron chi connectivity index (χ0n) is 21.7. The Morgan fingerprint density at radius 3 is 2.34 bits per heavy atom. The molecule has 3 amide bonds. The van der Waals surface area contributed by atoms with Crippen LogP contribution in [0.15, 0.2) is 24.3 Å². The minimum atomic E-state index is -1.16. The second kappa shape index (κ2) is 13.7. The number of esters is 1. The molecule has 1 aromatic rings. The summed E-state index contributed by atoms with van der Waals surface area (Å²) in [7, 11) is 1.20. The number of aliphatic hydroxyl groups is 1. The number of carbonyl (C=O) groups is 4. The number of nitrogens with one attached hydrogen (secondary N) is 2. The summed E-state index contributed by atoms with van der Waals surface area (Å²) < 4.78 is 9.93. The fraction of sp³-hybridized carbons (Fsp3) is 0.600. The van der Waals surface area contributed by atoms with Crippen LogP contribution in [0.2, 0.25) is 0 Å². The highest BCUT2D eigenvalue weighted by Crippen LogP contribution is 2.25. The minimum absolute atomic E-state index is 0.175. The molecule has 0 saturated heterocycles. The second-order valence-electron chi connectivity index (χ2n) is 9.38. The van der Waals surface area contributed by atoms with Crippen LogP contribution in [-0.4, -0.2) is 72.3 Å². The molecule has 0 heterocycles. The number of ether oxygens (including phenoxy) is 2. The first kappa shape index (κ1) is 29.9. The summed E-state index contributed by atoms with van der Waals surface area (Å²) in [6, 6.07) is 4.86. The average Bonchev–Trinajstić information content (AvgIpc) is 2.78. The van der Waals surface area contributed by atoms with Crippen molar-refractivity contribution in [3.8, 4) is 0 Å². The molecule has 0 aliphatic rings. The Labute approximate surface area is 207 Å². The second-order valence-corrected chi connectivity index (χ2v) is 9.38. The molecule has 0 bridgehead atoms. The Morgan fingerprint density at radius 1 is 1.17 bits per heavy atom. The summed E-state index contributed by atoms with van der Waals surface area (Å²) in [6.07, 6.45) is -0.203. The van der Waals surface area contributed by atoms with Gasteiger partial charge in [-0.15, -0.1) is 0 Å². The van der Waals surface area contributed by atoms with Crippen molar-refractivity contribution in [3.05, 3.63) is 35.4 Å². The molecule has 1 rings (SSSR count). The summed E-state index contributed by atoms with van der Waals surface area (Å²) in [5, 5.41) is 14.9. The van der Waals surface area contributed by atoms with Crippen LogP contribution < -0.4 is 10.6 Å². The van der Waals surface area contributed by atoms with Crippen LogP contribution in [0.3, 0.4) is 0 Å². The number of carbonyl (C=O) groups excluding carboxylic acids is 4. The van der Waals surface area contributed by atoms with Gasteiger partial charge in [0.15, 0.2) is 0 Å². The van der Waals surface area contributed by atoms with E-state index in [4.69, 9.17) is 4.74 Å². The topological polar surface area (TPSA) is 134 Å². The molecule has 1 aromatic carbocycles. The lowest BCUT2D eigenvalue weighted by atomic mass is 9.95. The van der Waals surface area contributed by atoms with Crippen molar-refractivity contribution in [1.29, 1.82) is 0 Å². The van der Waals surface area contributed by atoms with E-state index in [2.05, 4.69) is 15.4 Å². The van der Waals surface area contributed by atoms with Crippen molar-refractivity contribution < 1.29 is 33.8 Å². The minimum Gasteiger partial charge on any atom is -0.468 e. The van der Waals surface area contributed by atoms with Crippen LogP contribution in [0.5, 0.6) is 0 Å². The Kier molecular flexibility index (Phi) is 11.7. The third-order valence-electron chi connectivity index (χ3n) is 5.33. The maximum absolute atomic E-state index is 13.8. The molecule has 0 aliphatic carbocycles. The first-order valence-corrected chi connectivity index (χ1v) is 11.7. The molecular formula is C25H39N3O7. The molecular weight excluding hydrogens is 454 g/mol. The van der Waals surface area contributed by atoms with E-state index in [-0.39, 0.29) is 19.0 Å². The lowest BCUT2D eigenvalue weighted by Crippen LogP contribution is -2.56. The molecule has 3 unspecified atom stereocenters. The lowest BCUT2D eigenvalue weighted by molar-refractivity contribution is -0.145. The monoisotopic (exact) mass is 493 g/mol. The van der Waals surface area contributed by atoms with Gasteiger partial charge >= 0.3 is 12.1 Å². The van der Waals surface area contributed by atoms with Gasteiger partial charge in [-0.1, -0.05) is 50.1 Å². The van der Waals surface area contributed by atoms with Crippen molar-refractivity contribution in [2.45, 2.75) is 65.6 Å². The molecule has 0 saturated carbocycles. The predicted octanol–water partition coefficient (Wildman–Crippen LogP) is 2.09. The number of benzene rings is 1. The first-order chi connectivity index (χ1) is 16.3. The zero-order chi connectivity index (χ0) is 26.8. The van der Waals surface area contributed by atoms with Gasteiger partial charge in [-0.3, -0.25) is 14.4 Å². The van der Waals surface area contributed by atoms with E-state index in [1.807, 2.05) is 19.9 Å². The van der Waals surface area contributed by atoms with Gasteiger partial charge in [0.05, 0.1) is 13.7 Å². The van der Waals surface area contributed by atoms with Crippen molar-refractivity contribution >= 4 is 23.9 Å². The molecule has 10 nitrogen and oxygen atoms in total. The normalized spacial score (nSPS) is 13.7. The molecule has 3 N–H and O–H groups in total. The van der Waals surface area contributed by atoms with Crippen molar-refractivity contribution in [2.24, 2.45) is 5.92 Å². The molecule has 0 fully saturated rings. The third kappa shape index (κ3) is 9.56. The number of nitrogens with zero attached hydrogens (tertiary/aromatic N) is 1. The Hall–Kier alpha value is -3.14. The molecule has 10 heteroatoms. The van der Waals surface area contributed by atoms with Gasteiger partial charge in [-0.2, -0.15) is 0 Å². The molecule has 35 heavy (non-hydrogen) atoms. The Balaban J connectivity index is 3.43. The van der Waals surface area contributed by atoms with Gasteiger partial charge in [-0.05, 0) is 39.2 Å². The van der Waals surface area contributed by atoms with Crippen molar-refractivity contribution in [1.82, 2.24) is 15.5 Å². The highest BCUT2D eigenvalue weighted by atomic mass is 16.6. The van der Waals surface area contributed by atoms with Crippen LogP contribution in [0.25, 0.3) is 0 Å². The fourth-order valence-corrected chi connectivity index (χ4v) is 3.41. The SMILES string of the molecule is CCC(C)C(NC(=O)OC(C)(C)C)C(=O)N(CCO)C(C(=O)NCC(=O)OC)c1cccc(C)c1. The van der Waals surface area contributed by atoms with Crippen LogP contribution in [0, 0.1) is 12.8 Å². The van der Waals surface area contributed by atoms with Crippen LogP contribution in [-0.2, 0) is 23.9 Å². The van der Waals surface area contributed by atoms with Crippen LogP contribution >= 0.6 is 0 Å². The Bertz CT molecular complexity index is 882. The molecule has 3 atom stereocenters. The number of rotatable bonds is 11. The van der Waals surface area contributed by atoms with Gasteiger partial charge in [0.2, 0.25) is 11.8 Å². The number of hydrogen-bond acceptors (Lipinski definition) is 7. The number of methoxy groups -OCH3 is 1. The molecule has 0 aromatic heterocycles. The fourth-order valence-electron chi connectivity index (χ4n) is 3.41. The largest absolute Gasteiger partial charge is 0.468 e. The van der Waals surface area contributed by atoms with Crippen molar-refractivity contribution in [3.63, 3.8) is 0 Å². The summed E-state index contributed by atoms with van der Waals surface area (Å²) in [5.74, 6) is -2.13. The lowest BCUT2D eigenvalue weighted by Gasteiger charge is -2.35. The highest BCUT2D eigenvalue weighted by molar-refractivity contribution is 5.93. The highest BCUT2D eigenvalue weighted by Gasteiger charge is 2.38. The maximum Gasteiger partial charge on any atom is 0.408 e. The summed E-state index contributed by atoms with van der Waals surface area (Å²) in [6.45, 7) is 9.68. The molecule has 0 aliphatic heterocycles. The number of hydrogen-bond donors (Lipinski definition) is 3. The summed E-state index contributed by atoms with van der Waals surface area (Å²) in [5.41, 5.74) is 0.583. The maximum atomic E-state index is 13.8. The third-order valence-corrected chi connectivity index (χ3v) is 5.33. The summed E-state index contributed by atoms with van der Waals surface area (Å²) >= 11 is 0. The van der Waals surface area contributed by atoms with Crippen LogP contribution in [0.1, 0.15) is 58.2 Å². The zero-order valence-corrected chi connectivity index (χ0v) is 21.7. The average molecular weight is 494 g/mol. The Morgan fingerprint density at radius 2 is 1.83 bits per heavy atom. The number of amides is 3. The van der Waals surface area contributed by atoms with E-state index in [9.17, 15) is 24.3 Å². The van der Waals surface area contributed by atoms with Crippen molar-refractivity contribution in [2.75, 3.05) is 26.8 Å². The standard InChI is InChI=1S/C25H39N3O7/c1-8-17(3)20(27-24(33)35-25(4,5)6)23(32)28(12-13-29)21(18-11-9-10-16(2)14-18)22(31)26-15-19(30)34-7/h9-11,14,17,20-21,29H,8,12-13,15H2,1-7H3,(H,26,31)(H,27,33). The van der Waals surface area contributed by atoms with E-state index < -0.39 is 48.2 Å². The van der Waals surface area contributed by atoms with Gasteiger partial charge in [0, 0.05) is 6.54 Å². The van der Waals surface area contributed by atoms with Crippen LogP contribution in [0.4, 0.5) is 4.79 Å². The van der Waals surface area contributed by atoms with E-state index in [0.29, 0.717) is 12.0 Å². The number of aliphatic hydroxyl groups excluding tert-OH is 1.